The molecule has 1 saturated heterocycles. The van der Waals surface area contributed by atoms with Gasteiger partial charge in [-0.15, -0.1) is 0 Å². The minimum absolute atomic E-state index is 0.0787. The zero-order valence-electron chi connectivity index (χ0n) is 7.26. The Hall–Kier alpha value is -0.570. The Morgan fingerprint density at radius 2 is 2.18 bits per heavy atom. The second-order valence-corrected chi connectivity index (χ2v) is 3.24. The summed E-state index contributed by atoms with van der Waals surface area (Å²) in [6.07, 6.45) is 0.897. The molecule has 0 radical (unpaired) electrons. The largest absolute Gasteiger partial charge is 0.468 e. The van der Waals surface area contributed by atoms with Crippen LogP contribution >= 0.6 is 0 Å². The molecular formula is C8H15NO2. The minimum Gasteiger partial charge on any atom is -0.468 e. The van der Waals surface area contributed by atoms with Crippen molar-refractivity contribution in [3.63, 3.8) is 0 Å². The smallest absolute Gasteiger partial charge is 0.322 e. The van der Waals surface area contributed by atoms with Crippen LogP contribution in [-0.4, -0.2) is 25.2 Å². The topological polar surface area (TPSA) is 38.3 Å². The van der Waals surface area contributed by atoms with Gasteiger partial charge in [0.25, 0.3) is 0 Å². The highest BCUT2D eigenvalue weighted by atomic mass is 16.5. The van der Waals surface area contributed by atoms with Gasteiger partial charge in [-0.1, -0.05) is 6.92 Å². The van der Waals surface area contributed by atoms with E-state index in [2.05, 4.69) is 23.9 Å². The fraction of sp³-hybridized carbons (Fsp3) is 0.875. The first kappa shape index (κ1) is 8.53. The SMILES string of the molecule is COC(=O)C1C[C@H](C)C(C)N1. The van der Waals surface area contributed by atoms with E-state index < -0.39 is 0 Å². The van der Waals surface area contributed by atoms with E-state index in [1.54, 1.807) is 0 Å². The maximum absolute atomic E-state index is 11.0. The molecule has 2 unspecified atom stereocenters. The zero-order valence-corrected chi connectivity index (χ0v) is 7.26. The second-order valence-electron chi connectivity index (χ2n) is 3.24. The molecule has 1 aliphatic rings. The molecule has 64 valence electrons. The standard InChI is InChI=1S/C8H15NO2/c1-5-4-7(8(10)11-3)9-6(5)2/h5-7,9H,4H2,1-3H3/t5-,6?,7?/m0/s1. The number of carbonyl (C=O) groups excluding carboxylic acids is 1. The van der Waals surface area contributed by atoms with Crippen LogP contribution in [0.25, 0.3) is 0 Å². The molecule has 1 N–H and O–H groups in total. The summed E-state index contributed by atoms with van der Waals surface area (Å²) in [4.78, 5) is 11.0. The molecule has 0 amide bonds. The molecule has 0 saturated carbocycles. The van der Waals surface area contributed by atoms with Crippen LogP contribution in [0.4, 0.5) is 0 Å². The summed E-state index contributed by atoms with van der Waals surface area (Å²) in [7, 11) is 1.43. The highest BCUT2D eigenvalue weighted by molar-refractivity contribution is 5.76. The van der Waals surface area contributed by atoms with Crippen molar-refractivity contribution < 1.29 is 9.53 Å². The van der Waals surface area contributed by atoms with Gasteiger partial charge >= 0.3 is 5.97 Å². The van der Waals surface area contributed by atoms with Gasteiger partial charge in [-0.3, -0.25) is 4.79 Å². The minimum atomic E-state index is -0.138. The number of hydrogen-bond donors (Lipinski definition) is 1. The van der Waals surface area contributed by atoms with Gasteiger partial charge in [0, 0.05) is 6.04 Å². The Morgan fingerprint density at radius 1 is 1.55 bits per heavy atom. The molecule has 0 aromatic rings. The van der Waals surface area contributed by atoms with Gasteiger partial charge in [-0.05, 0) is 19.3 Å². The quantitative estimate of drug-likeness (QED) is 0.565. The monoisotopic (exact) mass is 157 g/mol. The number of esters is 1. The van der Waals surface area contributed by atoms with Gasteiger partial charge in [0.2, 0.25) is 0 Å². The third kappa shape index (κ3) is 1.71. The highest BCUT2D eigenvalue weighted by Crippen LogP contribution is 2.19. The van der Waals surface area contributed by atoms with Crippen molar-refractivity contribution in [3.8, 4) is 0 Å². The normalized spacial score (nSPS) is 37.2. The first-order chi connectivity index (χ1) is 5.15. The average molecular weight is 157 g/mol. The predicted molar refractivity (Wildman–Crippen MR) is 42.2 cm³/mol. The molecule has 1 aliphatic heterocycles. The number of ether oxygens (including phenoxy) is 1. The summed E-state index contributed by atoms with van der Waals surface area (Å²) >= 11 is 0. The number of rotatable bonds is 1. The van der Waals surface area contributed by atoms with E-state index in [4.69, 9.17) is 0 Å². The van der Waals surface area contributed by atoms with E-state index in [0.29, 0.717) is 12.0 Å². The van der Waals surface area contributed by atoms with E-state index in [1.807, 2.05) is 0 Å². The van der Waals surface area contributed by atoms with Crippen molar-refractivity contribution in [1.29, 1.82) is 0 Å². The first-order valence-electron chi connectivity index (χ1n) is 3.99. The Bertz CT molecular complexity index is 148. The lowest BCUT2D eigenvalue weighted by Crippen LogP contribution is -2.35. The molecular weight excluding hydrogens is 142 g/mol. The molecule has 0 spiro atoms. The molecule has 0 bridgehead atoms. The van der Waals surface area contributed by atoms with Crippen LogP contribution in [0.5, 0.6) is 0 Å². The van der Waals surface area contributed by atoms with Gasteiger partial charge < -0.3 is 10.1 Å². The van der Waals surface area contributed by atoms with E-state index in [0.717, 1.165) is 6.42 Å². The number of nitrogens with one attached hydrogen (secondary N) is 1. The van der Waals surface area contributed by atoms with E-state index in [-0.39, 0.29) is 12.0 Å². The number of hydrogen-bond acceptors (Lipinski definition) is 3. The fourth-order valence-corrected chi connectivity index (χ4v) is 1.43. The van der Waals surface area contributed by atoms with Crippen molar-refractivity contribution in [3.05, 3.63) is 0 Å². The van der Waals surface area contributed by atoms with Crippen LogP contribution in [0.3, 0.4) is 0 Å². The van der Waals surface area contributed by atoms with Crippen molar-refractivity contribution in [1.82, 2.24) is 5.32 Å². The Balaban J connectivity index is 2.46. The Labute approximate surface area is 67.1 Å². The van der Waals surface area contributed by atoms with Crippen molar-refractivity contribution in [2.24, 2.45) is 5.92 Å². The average Bonchev–Trinajstić information content (AvgIpc) is 2.31. The van der Waals surface area contributed by atoms with Crippen molar-refractivity contribution in [2.75, 3.05) is 7.11 Å². The Kier molecular flexibility index (Phi) is 2.49. The molecule has 0 aromatic carbocycles. The molecule has 1 fully saturated rings. The maximum Gasteiger partial charge on any atom is 0.322 e. The molecule has 0 aromatic heterocycles. The maximum atomic E-state index is 11.0. The van der Waals surface area contributed by atoms with Crippen LogP contribution in [-0.2, 0) is 9.53 Å². The van der Waals surface area contributed by atoms with Crippen LogP contribution in [0, 0.1) is 5.92 Å². The predicted octanol–water partition coefficient (Wildman–Crippen LogP) is 0.546. The zero-order chi connectivity index (χ0) is 8.43. The van der Waals surface area contributed by atoms with E-state index in [1.165, 1.54) is 7.11 Å². The molecule has 0 aliphatic carbocycles. The van der Waals surface area contributed by atoms with E-state index in [9.17, 15) is 4.79 Å². The van der Waals surface area contributed by atoms with Gasteiger partial charge in [-0.2, -0.15) is 0 Å². The highest BCUT2D eigenvalue weighted by Gasteiger charge is 2.32. The lowest BCUT2D eigenvalue weighted by atomic mass is 10.0. The third-order valence-corrected chi connectivity index (χ3v) is 2.41. The van der Waals surface area contributed by atoms with Crippen LogP contribution < -0.4 is 5.32 Å². The molecule has 3 heteroatoms. The lowest BCUT2D eigenvalue weighted by Gasteiger charge is -2.08. The summed E-state index contributed by atoms with van der Waals surface area (Å²) < 4.78 is 4.63. The van der Waals surface area contributed by atoms with Gasteiger partial charge in [-0.25, -0.2) is 0 Å². The summed E-state index contributed by atoms with van der Waals surface area (Å²) in [5.41, 5.74) is 0. The van der Waals surface area contributed by atoms with E-state index >= 15 is 0 Å². The summed E-state index contributed by atoms with van der Waals surface area (Å²) in [5.74, 6) is 0.431. The Morgan fingerprint density at radius 3 is 2.55 bits per heavy atom. The molecule has 3 atom stereocenters. The third-order valence-electron chi connectivity index (χ3n) is 2.41. The molecule has 11 heavy (non-hydrogen) atoms. The molecule has 1 heterocycles. The molecule has 1 rings (SSSR count). The number of carbonyl (C=O) groups is 1. The first-order valence-corrected chi connectivity index (χ1v) is 3.99. The van der Waals surface area contributed by atoms with Crippen LogP contribution in [0.15, 0.2) is 0 Å². The van der Waals surface area contributed by atoms with Crippen LogP contribution in [0.2, 0.25) is 0 Å². The number of methoxy groups -OCH3 is 1. The fourth-order valence-electron chi connectivity index (χ4n) is 1.43. The van der Waals surface area contributed by atoms with Crippen molar-refractivity contribution >= 4 is 5.97 Å². The van der Waals surface area contributed by atoms with Gasteiger partial charge in [0.05, 0.1) is 7.11 Å². The van der Waals surface area contributed by atoms with Gasteiger partial charge in [0.1, 0.15) is 6.04 Å². The molecule has 3 nitrogen and oxygen atoms in total. The summed E-state index contributed by atoms with van der Waals surface area (Å²) in [6.45, 7) is 4.23. The van der Waals surface area contributed by atoms with Crippen LogP contribution in [0.1, 0.15) is 20.3 Å². The second kappa shape index (κ2) is 3.22. The summed E-state index contributed by atoms with van der Waals surface area (Å²) in [6, 6.07) is 0.351. The van der Waals surface area contributed by atoms with Crippen molar-refractivity contribution in [2.45, 2.75) is 32.4 Å². The summed E-state index contributed by atoms with van der Waals surface area (Å²) in [5, 5.41) is 3.18. The van der Waals surface area contributed by atoms with Gasteiger partial charge in [0.15, 0.2) is 0 Å². The lowest BCUT2D eigenvalue weighted by molar-refractivity contribution is -0.142.